The Balaban J connectivity index is 2.90. The number of esters is 1. The Kier molecular flexibility index (Phi) is 3.38. The summed E-state index contributed by atoms with van der Waals surface area (Å²) in [6, 6.07) is 4.05. The molecule has 1 aromatic rings. The van der Waals surface area contributed by atoms with Gasteiger partial charge in [0.15, 0.2) is 0 Å². The highest BCUT2D eigenvalue weighted by Crippen LogP contribution is 2.02. The van der Waals surface area contributed by atoms with Gasteiger partial charge in [-0.3, -0.25) is 0 Å². The Morgan fingerprint density at radius 2 is 1.93 bits per heavy atom. The quantitative estimate of drug-likeness (QED) is 0.654. The van der Waals surface area contributed by atoms with Gasteiger partial charge in [-0.2, -0.15) is 0 Å². The van der Waals surface area contributed by atoms with Gasteiger partial charge in [-0.05, 0) is 26.0 Å². The van der Waals surface area contributed by atoms with Crippen molar-refractivity contribution < 1.29 is 19.4 Å². The Hall–Kier alpha value is -1.91. The summed E-state index contributed by atoms with van der Waals surface area (Å²) in [5.41, 5.74) is -0.321. The average molecular weight is 208 g/mol. The molecule has 0 amide bonds. The van der Waals surface area contributed by atoms with Crippen molar-refractivity contribution in [3.05, 3.63) is 29.6 Å². The van der Waals surface area contributed by atoms with E-state index in [9.17, 15) is 14.7 Å². The molecule has 0 radical (unpaired) electrons. The average Bonchev–Trinajstić information content (AvgIpc) is 2.17. The first kappa shape index (κ1) is 11.2. The molecule has 5 heteroatoms. The fourth-order valence-corrected chi connectivity index (χ4v) is 0.937. The van der Waals surface area contributed by atoms with Gasteiger partial charge in [0.05, 0.1) is 17.8 Å². The summed E-state index contributed by atoms with van der Waals surface area (Å²) in [5.74, 6) is -2.07. The van der Waals surface area contributed by atoms with E-state index in [1.807, 2.05) is 0 Å². The number of hydrogen-bond acceptors (Lipinski definition) is 5. The minimum absolute atomic E-state index is 0.0367. The van der Waals surface area contributed by atoms with E-state index in [-0.39, 0.29) is 17.5 Å². The highest BCUT2D eigenvalue weighted by molar-refractivity contribution is 5.90. The predicted octanol–water partition coefficient (Wildman–Crippen LogP) is 0.0103. The van der Waals surface area contributed by atoms with Crippen molar-refractivity contribution >= 4 is 11.9 Å². The lowest BCUT2D eigenvalue weighted by molar-refractivity contribution is -0.255. The lowest BCUT2D eigenvalue weighted by Gasteiger charge is -2.08. The van der Waals surface area contributed by atoms with E-state index in [4.69, 9.17) is 4.74 Å². The van der Waals surface area contributed by atoms with Crippen LogP contribution in [-0.2, 0) is 4.74 Å². The Bertz CT molecular complexity index is 387. The van der Waals surface area contributed by atoms with Crippen molar-refractivity contribution in [2.24, 2.45) is 0 Å². The monoisotopic (exact) mass is 208 g/mol. The Morgan fingerprint density at radius 3 is 2.47 bits per heavy atom. The van der Waals surface area contributed by atoms with Crippen molar-refractivity contribution in [3.8, 4) is 0 Å². The summed E-state index contributed by atoms with van der Waals surface area (Å²) < 4.78 is 4.86. The molecule has 0 spiro atoms. The van der Waals surface area contributed by atoms with Gasteiger partial charge >= 0.3 is 5.97 Å². The second-order valence-corrected chi connectivity index (χ2v) is 3.15. The fourth-order valence-electron chi connectivity index (χ4n) is 0.937. The van der Waals surface area contributed by atoms with E-state index in [1.54, 1.807) is 13.8 Å². The Morgan fingerprint density at radius 1 is 1.33 bits per heavy atom. The second-order valence-electron chi connectivity index (χ2n) is 3.15. The van der Waals surface area contributed by atoms with Crippen LogP contribution in [0.2, 0.25) is 0 Å². The first-order valence-electron chi connectivity index (χ1n) is 4.40. The molecule has 0 aliphatic rings. The van der Waals surface area contributed by atoms with Crippen LogP contribution < -0.4 is 5.11 Å². The summed E-state index contributed by atoms with van der Waals surface area (Å²) >= 11 is 0. The third-order valence-corrected chi connectivity index (χ3v) is 1.51. The first-order chi connectivity index (χ1) is 7.00. The molecule has 80 valence electrons. The van der Waals surface area contributed by atoms with Gasteiger partial charge in [0.25, 0.3) is 0 Å². The largest absolute Gasteiger partial charge is 0.543 e. The number of carbonyl (C=O) groups is 2. The van der Waals surface area contributed by atoms with Crippen LogP contribution in [0.3, 0.4) is 0 Å². The molecule has 0 unspecified atom stereocenters. The van der Waals surface area contributed by atoms with E-state index in [0.717, 1.165) is 0 Å². The molecule has 0 saturated carbocycles. The lowest BCUT2D eigenvalue weighted by atomic mass is 10.3. The van der Waals surface area contributed by atoms with Crippen LogP contribution in [0, 0.1) is 0 Å². The molecule has 5 nitrogen and oxygen atoms in total. The van der Waals surface area contributed by atoms with Gasteiger partial charge in [0.2, 0.25) is 0 Å². The van der Waals surface area contributed by atoms with Crippen LogP contribution in [0.5, 0.6) is 0 Å². The number of carbonyl (C=O) groups excluding carboxylic acids is 2. The summed E-state index contributed by atoms with van der Waals surface area (Å²) in [6.45, 7) is 3.39. The summed E-state index contributed by atoms with van der Waals surface area (Å²) in [4.78, 5) is 25.4. The number of aromatic carboxylic acids is 1. The maximum atomic E-state index is 11.3. The maximum Gasteiger partial charge on any atom is 0.357 e. The van der Waals surface area contributed by atoms with Crippen LogP contribution in [0.15, 0.2) is 18.2 Å². The number of nitrogens with zero attached hydrogens (tertiary/aromatic N) is 1. The van der Waals surface area contributed by atoms with Crippen LogP contribution in [0.1, 0.15) is 34.8 Å². The molecule has 0 aromatic carbocycles. The molecule has 15 heavy (non-hydrogen) atoms. The van der Waals surface area contributed by atoms with Crippen molar-refractivity contribution in [2.75, 3.05) is 0 Å². The SMILES string of the molecule is CC(C)OC(=O)c1cccc(C(=O)[O-])n1. The van der Waals surface area contributed by atoms with Crippen molar-refractivity contribution in [2.45, 2.75) is 20.0 Å². The molecule has 0 fully saturated rings. The lowest BCUT2D eigenvalue weighted by Crippen LogP contribution is -2.24. The third kappa shape index (κ3) is 3.05. The normalized spacial score (nSPS) is 10.1. The number of rotatable bonds is 3. The fraction of sp³-hybridized carbons (Fsp3) is 0.300. The molecule has 0 aliphatic carbocycles. The van der Waals surface area contributed by atoms with Crippen LogP contribution in [0.4, 0.5) is 0 Å². The molecular formula is C10H10NO4-. The molecule has 0 N–H and O–H groups in total. The third-order valence-electron chi connectivity index (χ3n) is 1.51. The van der Waals surface area contributed by atoms with E-state index >= 15 is 0 Å². The molecule has 1 rings (SSSR count). The number of carboxylic acid groups (broad SMARTS) is 1. The van der Waals surface area contributed by atoms with Gasteiger partial charge in [0, 0.05) is 0 Å². The van der Waals surface area contributed by atoms with Crippen molar-refractivity contribution in [1.29, 1.82) is 0 Å². The highest BCUT2D eigenvalue weighted by Gasteiger charge is 2.11. The van der Waals surface area contributed by atoms with E-state index < -0.39 is 11.9 Å². The molecule has 0 atom stereocenters. The summed E-state index contributed by atoms with van der Waals surface area (Å²) in [5, 5.41) is 10.5. The summed E-state index contributed by atoms with van der Waals surface area (Å²) in [6.07, 6.45) is -0.272. The van der Waals surface area contributed by atoms with Crippen LogP contribution in [-0.4, -0.2) is 23.0 Å². The predicted molar refractivity (Wildman–Crippen MR) is 49.1 cm³/mol. The number of carboxylic acids is 1. The van der Waals surface area contributed by atoms with Crippen molar-refractivity contribution in [1.82, 2.24) is 4.98 Å². The van der Waals surface area contributed by atoms with Gasteiger partial charge in [-0.15, -0.1) is 0 Å². The molecule has 1 heterocycles. The van der Waals surface area contributed by atoms with Gasteiger partial charge in [0.1, 0.15) is 5.69 Å². The smallest absolute Gasteiger partial charge is 0.357 e. The summed E-state index contributed by atoms with van der Waals surface area (Å²) in [7, 11) is 0. The van der Waals surface area contributed by atoms with Gasteiger partial charge in [-0.1, -0.05) is 6.07 Å². The van der Waals surface area contributed by atoms with Crippen LogP contribution >= 0.6 is 0 Å². The zero-order valence-corrected chi connectivity index (χ0v) is 8.39. The van der Waals surface area contributed by atoms with Crippen molar-refractivity contribution in [3.63, 3.8) is 0 Å². The second kappa shape index (κ2) is 4.54. The number of hydrogen-bond donors (Lipinski definition) is 0. The van der Waals surface area contributed by atoms with Gasteiger partial charge in [-0.25, -0.2) is 9.78 Å². The number of ether oxygens (including phenoxy) is 1. The maximum absolute atomic E-state index is 11.3. The minimum Gasteiger partial charge on any atom is -0.543 e. The molecule has 0 bridgehead atoms. The molecule has 1 aromatic heterocycles. The topological polar surface area (TPSA) is 79.3 Å². The number of pyridine rings is 1. The minimum atomic E-state index is -1.42. The van der Waals surface area contributed by atoms with E-state index in [1.165, 1.54) is 18.2 Å². The molecular weight excluding hydrogens is 198 g/mol. The first-order valence-corrected chi connectivity index (χ1v) is 4.40. The molecule has 0 saturated heterocycles. The van der Waals surface area contributed by atoms with E-state index in [0.29, 0.717) is 0 Å². The Labute approximate surface area is 86.7 Å². The zero-order valence-electron chi connectivity index (χ0n) is 8.39. The van der Waals surface area contributed by atoms with E-state index in [2.05, 4.69) is 4.98 Å². The van der Waals surface area contributed by atoms with Crippen LogP contribution in [0.25, 0.3) is 0 Å². The standard InChI is InChI=1S/C10H11NO4/c1-6(2)15-10(14)8-5-3-4-7(11-8)9(12)13/h3-6H,1-2H3,(H,12,13)/p-1. The zero-order chi connectivity index (χ0) is 11.4. The highest BCUT2D eigenvalue weighted by atomic mass is 16.5. The molecule has 0 aliphatic heterocycles. The van der Waals surface area contributed by atoms with Gasteiger partial charge < -0.3 is 14.6 Å². The number of aromatic nitrogens is 1.